The molecule has 1 saturated heterocycles. The van der Waals surface area contributed by atoms with Crippen LogP contribution in [0.25, 0.3) is 0 Å². The zero-order chi connectivity index (χ0) is 15.8. The first-order valence-corrected chi connectivity index (χ1v) is 6.73. The van der Waals surface area contributed by atoms with Crippen molar-refractivity contribution in [3.05, 3.63) is 12.1 Å². The molecule has 0 radical (unpaired) electrons. The average molecular weight is 292 g/mol. The Morgan fingerprint density at radius 3 is 2.67 bits per heavy atom. The van der Waals surface area contributed by atoms with E-state index in [9.17, 15) is 9.59 Å². The number of aromatic nitrogens is 1. The van der Waals surface area contributed by atoms with Crippen molar-refractivity contribution in [3.8, 4) is 5.88 Å². The van der Waals surface area contributed by atoms with Gasteiger partial charge in [-0.05, 0) is 39.8 Å². The molecule has 0 saturated carbocycles. The number of nitrogen functional groups attached to an aromatic ring is 1. The van der Waals surface area contributed by atoms with Crippen LogP contribution in [0, 0.1) is 0 Å². The van der Waals surface area contributed by atoms with Gasteiger partial charge >= 0.3 is 0 Å². The van der Waals surface area contributed by atoms with Gasteiger partial charge in [0, 0.05) is 0 Å². The third kappa shape index (κ3) is 3.42. The SMILES string of the molecule is CC1C(=O)NC(=O)CN1c1ccc(N)c(OC(C)(C)C)n1. The van der Waals surface area contributed by atoms with E-state index in [0.29, 0.717) is 17.4 Å². The highest BCUT2D eigenvalue weighted by atomic mass is 16.5. The van der Waals surface area contributed by atoms with Gasteiger partial charge in [0.2, 0.25) is 17.7 Å². The topological polar surface area (TPSA) is 97.6 Å². The number of carbonyl (C=O) groups excluding carboxylic acids is 2. The van der Waals surface area contributed by atoms with Crippen LogP contribution in [0.1, 0.15) is 27.7 Å². The highest BCUT2D eigenvalue weighted by Gasteiger charge is 2.31. The molecule has 1 aromatic heterocycles. The lowest BCUT2D eigenvalue weighted by atomic mass is 10.2. The number of piperazine rings is 1. The second-order valence-electron chi connectivity index (χ2n) is 5.99. The van der Waals surface area contributed by atoms with Crippen molar-refractivity contribution in [3.63, 3.8) is 0 Å². The Balaban J connectivity index is 2.33. The van der Waals surface area contributed by atoms with Crippen LogP contribution in [0.2, 0.25) is 0 Å². The number of hydrogen-bond donors (Lipinski definition) is 2. The fourth-order valence-electron chi connectivity index (χ4n) is 1.97. The molecule has 7 nitrogen and oxygen atoms in total. The zero-order valence-electron chi connectivity index (χ0n) is 12.6. The number of anilines is 2. The second kappa shape index (κ2) is 5.23. The van der Waals surface area contributed by atoms with Gasteiger partial charge in [-0.3, -0.25) is 14.9 Å². The third-order valence-electron chi connectivity index (χ3n) is 3.00. The molecule has 0 aromatic carbocycles. The summed E-state index contributed by atoms with van der Waals surface area (Å²) < 4.78 is 5.70. The first kappa shape index (κ1) is 15.1. The van der Waals surface area contributed by atoms with Crippen LogP contribution in [-0.4, -0.2) is 35.0 Å². The lowest BCUT2D eigenvalue weighted by Gasteiger charge is -2.33. The molecular weight excluding hydrogens is 272 g/mol. The quantitative estimate of drug-likeness (QED) is 0.778. The Labute approximate surface area is 123 Å². The number of pyridine rings is 1. The molecule has 1 aliphatic rings. The number of amides is 2. The number of imide groups is 1. The molecule has 1 aliphatic heterocycles. The Bertz CT molecular complexity index is 580. The predicted octanol–water partition coefficient (Wildman–Crippen LogP) is 0.692. The number of nitrogens with one attached hydrogen (secondary N) is 1. The van der Waals surface area contributed by atoms with Crippen molar-refractivity contribution >= 4 is 23.3 Å². The second-order valence-corrected chi connectivity index (χ2v) is 5.99. The maximum atomic E-state index is 11.7. The van der Waals surface area contributed by atoms with E-state index in [-0.39, 0.29) is 18.4 Å². The lowest BCUT2D eigenvalue weighted by Crippen LogP contribution is -2.57. The van der Waals surface area contributed by atoms with E-state index in [2.05, 4.69) is 10.3 Å². The van der Waals surface area contributed by atoms with Gasteiger partial charge in [0.25, 0.3) is 0 Å². The molecule has 3 N–H and O–H groups in total. The van der Waals surface area contributed by atoms with E-state index in [4.69, 9.17) is 10.5 Å². The largest absolute Gasteiger partial charge is 0.470 e. The number of hydrogen-bond acceptors (Lipinski definition) is 6. The minimum Gasteiger partial charge on any atom is -0.470 e. The van der Waals surface area contributed by atoms with Crippen molar-refractivity contribution < 1.29 is 14.3 Å². The van der Waals surface area contributed by atoms with Crippen molar-refractivity contribution in [1.29, 1.82) is 0 Å². The minimum absolute atomic E-state index is 0.0682. The standard InChI is InChI=1S/C14H20N4O3/c1-8-12(20)17-11(19)7-18(8)10-6-5-9(15)13(16-10)21-14(2,3)4/h5-6,8H,7,15H2,1-4H3,(H,17,19,20). The molecule has 0 aliphatic carbocycles. The maximum absolute atomic E-state index is 11.7. The highest BCUT2D eigenvalue weighted by Crippen LogP contribution is 2.27. The van der Waals surface area contributed by atoms with Gasteiger partial charge < -0.3 is 15.4 Å². The number of ether oxygens (including phenoxy) is 1. The Morgan fingerprint density at radius 1 is 1.38 bits per heavy atom. The summed E-state index contributed by atoms with van der Waals surface area (Å²) in [5.41, 5.74) is 5.83. The first-order chi connectivity index (χ1) is 9.67. The molecule has 2 heterocycles. The van der Waals surface area contributed by atoms with Crippen molar-refractivity contribution in [2.75, 3.05) is 17.2 Å². The van der Waals surface area contributed by atoms with Gasteiger partial charge in [0.1, 0.15) is 17.5 Å². The van der Waals surface area contributed by atoms with E-state index in [1.165, 1.54) is 0 Å². The van der Waals surface area contributed by atoms with Crippen LogP contribution in [0.5, 0.6) is 5.88 Å². The molecule has 0 bridgehead atoms. The summed E-state index contributed by atoms with van der Waals surface area (Å²) in [5, 5.41) is 2.29. The van der Waals surface area contributed by atoms with Crippen LogP contribution >= 0.6 is 0 Å². The fraction of sp³-hybridized carbons (Fsp3) is 0.500. The van der Waals surface area contributed by atoms with E-state index in [1.807, 2.05) is 20.8 Å². The average Bonchev–Trinajstić information content (AvgIpc) is 2.35. The van der Waals surface area contributed by atoms with E-state index < -0.39 is 11.6 Å². The molecule has 21 heavy (non-hydrogen) atoms. The number of nitrogens with zero attached hydrogens (tertiary/aromatic N) is 2. The van der Waals surface area contributed by atoms with Gasteiger partial charge in [-0.2, -0.15) is 4.98 Å². The van der Waals surface area contributed by atoms with Crippen molar-refractivity contribution in [1.82, 2.24) is 10.3 Å². The van der Waals surface area contributed by atoms with E-state index in [1.54, 1.807) is 24.0 Å². The lowest BCUT2D eigenvalue weighted by molar-refractivity contribution is -0.132. The molecule has 1 atom stereocenters. The number of nitrogens with two attached hydrogens (primary N) is 1. The Kier molecular flexibility index (Phi) is 3.76. The number of carbonyl (C=O) groups is 2. The van der Waals surface area contributed by atoms with Crippen LogP contribution in [0.3, 0.4) is 0 Å². The van der Waals surface area contributed by atoms with Gasteiger partial charge in [-0.25, -0.2) is 0 Å². The van der Waals surface area contributed by atoms with Crippen LogP contribution in [0.4, 0.5) is 11.5 Å². The third-order valence-corrected chi connectivity index (χ3v) is 3.00. The normalized spacial score (nSPS) is 19.4. The Hall–Kier alpha value is -2.31. The smallest absolute Gasteiger partial charge is 0.249 e. The van der Waals surface area contributed by atoms with Crippen LogP contribution in [0.15, 0.2) is 12.1 Å². The molecule has 7 heteroatoms. The summed E-state index contributed by atoms with van der Waals surface area (Å²) in [5.74, 6) is 0.0861. The highest BCUT2D eigenvalue weighted by molar-refractivity contribution is 6.04. The predicted molar refractivity (Wildman–Crippen MR) is 79.0 cm³/mol. The summed E-state index contributed by atoms with van der Waals surface area (Å²) in [6, 6.07) is 2.85. The van der Waals surface area contributed by atoms with Gasteiger partial charge in [-0.1, -0.05) is 0 Å². The molecule has 2 rings (SSSR count). The summed E-state index contributed by atoms with van der Waals surface area (Å²) >= 11 is 0. The molecule has 2 amide bonds. The van der Waals surface area contributed by atoms with Gasteiger partial charge in [0.05, 0.1) is 12.2 Å². The van der Waals surface area contributed by atoms with Crippen molar-refractivity contribution in [2.24, 2.45) is 0 Å². The van der Waals surface area contributed by atoms with E-state index in [0.717, 1.165) is 0 Å². The molecule has 1 fully saturated rings. The minimum atomic E-state index is -0.485. The molecule has 1 aromatic rings. The first-order valence-electron chi connectivity index (χ1n) is 6.73. The van der Waals surface area contributed by atoms with Gasteiger partial charge in [-0.15, -0.1) is 0 Å². The maximum Gasteiger partial charge on any atom is 0.249 e. The van der Waals surface area contributed by atoms with E-state index >= 15 is 0 Å². The zero-order valence-corrected chi connectivity index (χ0v) is 12.6. The summed E-state index contributed by atoms with van der Waals surface area (Å²) in [4.78, 5) is 29.2. The molecular formula is C14H20N4O3. The van der Waals surface area contributed by atoms with Gasteiger partial charge in [0.15, 0.2) is 0 Å². The Morgan fingerprint density at radius 2 is 2.05 bits per heavy atom. The molecule has 1 unspecified atom stereocenters. The molecule has 114 valence electrons. The van der Waals surface area contributed by atoms with Crippen molar-refractivity contribution in [2.45, 2.75) is 39.3 Å². The summed E-state index contributed by atoms with van der Waals surface area (Å²) in [6.07, 6.45) is 0. The number of rotatable bonds is 2. The van der Waals surface area contributed by atoms with Crippen LogP contribution < -0.4 is 20.7 Å². The monoisotopic (exact) mass is 292 g/mol. The molecule has 0 spiro atoms. The summed E-state index contributed by atoms with van der Waals surface area (Å²) in [7, 11) is 0. The van der Waals surface area contributed by atoms with Crippen LogP contribution in [-0.2, 0) is 9.59 Å². The summed E-state index contributed by atoms with van der Waals surface area (Å²) in [6.45, 7) is 7.45. The fourth-order valence-corrected chi connectivity index (χ4v) is 1.97.